The van der Waals surface area contributed by atoms with Crippen molar-refractivity contribution in [3.63, 3.8) is 0 Å². The van der Waals surface area contributed by atoms with E-state index in [0.717, 1.165) is 0 Å². The summed E-state index contributed by atoms with van der Waals surface area (Å²) in [6, 6.07) is -1.74. The minimum Gasteiger partial charge on any atom is -0.394 e. The molecule has 0 spiro atoms. The Kier molecular flexibility index (Phi) is 6.92. The van der Waals surface area contributed by atoms with Crippen molar-refractivity contribution in [2.45, 2.75) is 60.5 Å². The van der Waals surface area contributed by atoms with Gasteiger partial charge in [0.05, 0.1) is 19.3 Å². The second-order valence-corrected chi connectivity index (χ2v) is 7.91. The fourth-order valence-corrected chi connectivity index (χ4v) is 4.43. The number of aliphatic hydroxyl groups is 8. The molecule has 0 bridgehead atoms. The lowest BCUT2D eigenvalue weighted by atomic mass is 9.97. The van der Waals surface area contributed by atoms with Crippen molar-refractivity contribution in [3.05, 3.63) is 0 Å². The fourth-order valence-electron chi connectivity index (χ4n) is 2.82. The van der Waals surface area contributed by atoms with E-state index in [1.165, 1.54) is 0 Å². The summed E-state index contributed by atoms with van der Waals surface area (Å²) in [5.74, 6) is 0. The van der Waals surface area contributed by atoms with E-state index < -0.39 is 83.7 Å². The Morgan fingerprint density at radius 3 is 1.81 bits per heavy atom. The lowest BCUT2D eigenvalue weighted by Gasteiger charge is -2.43. The van der Waals surface area contributed by atoms with E-state index in [-0.39, 0.29) is 0 Å². The predicted octanol–water partition coefficient (Wildman–Crippen LogP) is -6.49. The molecule has 2 rings (SSSR count). The first-order chi connectivity index (χ1) is 12.0. The smallest absolute Gasteiger partial charge is 0.241 e. The van der Waals surface area contributed by atoms with Crippen LogP contribution in [-0.2, 0) is 19.5 Å². The van der Waals surface area contributed by atoms with Crippen molar-refractivity contribution in [2.75, 3.05) is 13.2 Å². The Labute approximate surface area is 148 Å². The summed E-state index contributed by atoms with van der Waals surface area (Å²) in [6.07, 6.45) is -14.4. The predicted molar refractivity (Wildman–Crippen MR) is 79.6 cm³/mol. The van der Waals surface area contributed by atoms with Gasteiger partial charge < -0.3 is 50.3 Å². The van der Waals surface area contributed by atoms with Gasteiger partial charge in [-0.15, -0.1) is 0 Å². The maximum Gasteiger partial charge on any atom is 0.241 e. The molecule has 2 heterocycles. The quantitative estimate of drug-likeness (QED) is 0.208. The molecule has 0 saturated carbocycles. The molecule has 26 heavy (non-hydrogen) atoms. The maximum atomic E-state index is 12.5. The van der Waals surface area contributed by atoms with Crippen molar-refractivity contribution in [1.29, 1.82) is 0 Å². The van der Waals surface area contributed by atoms with Gasteiger partial charge in [0.1, 0.15) is 42.7 Å². The minimum atomic E-state index is -4.73. The number of hydrogen-bond acceptors (Lipinski definition) is 12. The molecule has 10 atom stereocenters. The summed E-state index contributed by atoms with van der Waals surface area (Å²) < 4.78 is 36.5. The Balaban J connectivity index is 2.23. The molecule has 2 saturated heterocycles. The van der Waals surface area contributed by atoms with Crippen LogP contribution in [0, 0.1) is 0 Å². The van der Waals surface area contributed by atoms with Crippen LogP contribution in [0.25, 0.3) is 0 Å². The Hall–Kier alpha value is -0.490. The lowest BCUT2D eigenvalue weighted by molar-refractivity contribution is -0.260. The van der Waals surface area contributed by atoms with Crippen molar-refractivity contribution < 1.29 is 58.7 Å². The summed E-state index contributed by atoms with van der Waals surface area (Å²) in [5, 5.41) is 76.9. The van der Waals surface area contributed by atoms with E-state index >= 15 is 0 Å². The summed E-state index contributed by atoms with van der Waals surface area (Å²) in [4.78, 5) is 0. The van der Waals surface area contributed by atoms with E-state index in [1.807, 2.05) is 4.72 Å². The number of nitrogens with one attached hydrogen (secondary N) is 1. The second-order valence-electron chi connectivity index (χ2n) is 6.11. The van der Waals surface area contributed by atoms with Crippen molar-refractivity contribution in [1.82, 2.24) is 4.72 Å². The van der Waals surface area contributed by atoms with E-state index in [1.54, 1.807) is 0 Å². The van der Waals surface area contributed by atoms with Gasteiger partial charge >= 0.3 is 0 Å². The normalized spacial score (nSPS) is 47.7. The van der Waals surface area contributed by atoms with E-state index in [2.05, 4.69) is 0 Å². The monoisotopic (exact) mass is 405 g/mol. The molecule has 154 valence electrons. The van der Waals surface area contributed by atoms with Crippen LogP contribution in [0.4, 0.5) is 0 Å². The largest absolute Gasteiger partial charge is 0.394 e. The number of hydrogen-bond donors (Lipinski definition) is 9. The first kappa shape index (κ1) is 21.8. The number of sulfonamides is 1. The first-order valence-electron chi connectivity index (χ1n) is 7.67. The number of aliphatic hydroxyl groups excluding tert-OH is 8. The first-order valence-corrected chi connectivity index (χ1v) is 9.22. The Morgan fingerprint density at radius 1 is 0.731 bits per heavy atom. The number of ether oxygens (including phenoxy) is 2. The molecule has 0 amide bonds. The highest BCUT2D eigenvalue weighted by Crippen LogP contribution is 2.26. The molecular weight excluding hydrogens is 382 g/mol. The van der Waals surface area contributed by atoms with Gasteiger partial charge in [0.25, 0.3) is 0 Å². The van der Waals surface area contributed by atoms with Gasteiger partial charge in [-0.2, -0.15) is 0 Å². The van der Waals surface area contributed by atoms with Gasteiger partial charge in [-0.25, -0.2) is 13.1 Å². The van der Waals surface area contributed by atoms with Crippen molar-refractivity contribution >= 4 is 10.0 Å². The van der Waals surface area contributed by atoms with Crippen LogP contribution < -0.4 is 4.72 Å². The zero-order valence-electron chi connectivity index (χ0n) is 13.3. The van der Waals surface area contributed by atoms with Crippen LogP contribution >= 0.6 is 0 Å². The summed E-state index contributed by atoms with van der Waals surface area (Å²) in [5.41, 5.74) is -2.16. The van der Waals surface area contributed by atoms with Gasteiger partial charge in [-0.3, -0.25) is 0 Å². The molecule has 13 nitrogen and oxygen atoms in total. The Bertz CT molecular complexity index is 573. The maximum absolute atomic E-state index is 12.5. The van der Waals surface area contributed by atoms with Gasteiger partial charge in [0.15, 0.2) is 6.29 Å². The van der Waals surface area contributed by atoms with Crippen LogP contribution in [-0.4, -0.2) is 123 Å². The minimum absolute atomic E-state index is 0.788. The van der Waals surface area contributed by atoms with E-state index in [4.69, 9.17) is 19.7 Å². The summed E-state index contributed by atoms with van der Waals surface area (Å²) >= 11 is 0. The molecule has 0 radical (unpaired) electrons. The third-order valence-corrected chi connectivity index (χ3v) is 5.96. The molecule has 0 unspecified atom stereocenters. The van der Waals surface area contributed by atoms with Gasteiger partial charge in [-0.1, -0.05) is 0 Å². The molecule has 0 aromatic carbocycles. The Morgan fingerprint density at radius 2 is 1.27 bits per heavy atom. The van der Waals surface area contributed by atoms with E-state index in [9.17, 15) is 39.1 Å². The van der Waals surface area contributed by atoms with Gasteiger partial charge in [0, 0.05) is 0 Å². The SMILES string of the molecule is O=S(=O)(N[C@H]1[C@@H](O)[C@@H](O)O[C@H](CO)[C@H]1O)[C@@H]1O[C@H](CO)[C@@H](O)[C@H](O)[C@H]1O. The highest BCUT2D eigenvalue weighted by atomic mass is 32.2. The standard InChI is InChI=1S/C12H23NO12S/c14-1-3-6(16)5(8(18)11(21)24-3)13-26(22,23)12-10(20)9(19)7(17)4(2-15)25-12/h3-21H,1-2H2/t3-,4-,5-,6-,7-,8-,9+,10-,11+,12+/m1/s1. The van der Waals surface area contributed by atoms with E-state index in [0.29, 0.717) is 0 Å². The summed E-state index contributed by atoms with van der Waals surface area (Å²) in [6.45, 7) is -1.64. The topological polar surface area (TPSA) is 226 Å². The van der Waals surface area contributed by atoms with Crippen molar-refractivity contribution in [3.8, 4) is 0 Å². The average molecular weight is 405 g/mol. The number of rotatable bonds is 5. The van der Waals surface area contributed by atoms with Crippen molar-refractivity contribution in [2.24, 2.45) is 0 Å². The average Bonchev–Trinajstić information content (AvgIpc) is 2.59. The lowest BCUT2D eigenvalue weighted by Crippen LogP contribution is -2.67. The highest BCUT2D eigenvalue weighted by Gasteiger charge is 2.52. The fraction of sp³-hybridized carbons (Fsp3) is 1.00. The molecule has 0 aromatic heterocycles. The van der Waals surface area contributed by atoms with Crippen LogP contribution in [0.5, 0.6) is 0 Å². The third-order valence-electron chi connectivity index (χ3n) is 4.36. The van der Waals surface area contributed by atoms with Gasteiger partial charge in [-0.05, 0) is 0 Å². The summed E-state index contributed by atoms with van der Waals surface area (Å²) in [7, 11) is -4.73. The van der Waals surface area contributed by atoms with Gasteiger partial charge in [0.2, 0.25) is 15.5 Å². The molecule has 2 aliphatic rings. The van der Waals surface area contributed by atoms with Crippen LogP contribution in [0.15, 0.2) is 0 Å². The van der Waals surface area contributed by atoms with Crippen LogP contribution in [0.1, 0.15) is 0 Å². The second kappa shape index (κ2) is 8.26. The molecule has 9 N–H and O–H groups in total. The molecule has 2 aliphatic heterocycles. The third kappa shape index (κ3) is 4.01. The van der Waals surface area contributed by atoms with Crippen LogP contribution in [0.2, 0.25) is 0 Å². The zero-order valence-corrected chi connectivity index (χ0v) is 14.1. The van der Waals surface area contributed by atoms with Crippen LogP contribution in [0.3, 0.4) is 0 Å². The molecule has 0 aliphatic carbocycles. The zero-order chi connectivity index (χ0) is 19.8. The molecule has 0 aromatic rings. The highest BCUT2D eigenvalue weighted by molar-refractivity contribution is 7.90. The molecular formula is C12H23NO12S. The molecule has 14 heteroatoms. The molecule has 2 fully saturated rings.